The molecule has 1 aliphatic carbocycles. The number of nitrogens with one attached hydrogen (secondary N) is 1. The lowest BCUT2D eigenvalue weighted by molar-refractivity contribution is -0.274. The largest absolute Gasteiger partial charge is 0.573 e. The van der Waals surface area contributed by atoms with Crippen molar-refractivity contribution in [3.05, 3.63) is 30.2 Å². The number of hydrogen-bond acceptors (Lipinski definition) is 6. The Bertz CT molecular complexity index is 939. The average molecular weight is 438 g/mol. The SMILES string of the molecule is O=C(Nc1nnc([C@@H]2CC(=O)N(c3ccc(OC(F)(F)F)cc3)C2)o1)C1CCCCC1. The number of anilines is 2. The van der Waals surface area contributed by atoms with Gasteiger partial charge in [-0.05, 0) is 37.1 Å². The van der Waals surface area contributed by atoms with Crippen LogP contribution in [0.3, 0.4) is 0 Å². The highest BCUT2D eigenvalue weighted by Gasteiger charge is 2.36. The first kappa shape index (κ1) is 21.1. The molecule has 1 saturated heterocycles. The molecule has 2 aliphatic rings. The van der Waals surface area contributed by atoms with Crippen molar-refractivity contribution in [3.8, 4) is 5.75 Å². The van der Waals surface area contributed by atoms with Crippen LogP contribution in [-0.4, -0.2) is 34.9 Å². The molecule has 0 spiro atoms. The standard InChI is InChI=1S/C20H21F3N4O4/c21-20(22,23)31-15-8-6-14(7-9-15)27-11-13(10-16(27)28)18-25-26-19(30-18)24-17(29)12-4-2-1-3-5-12/h6-9,12-13H,1-5,10-11H2,(H,24,26,29)/t13-/m1/s1. The number of halogens is 3. The number of rotatable bonds is 5. The zero-order valence-corrected chi connectivity index (χ0v) is 16.5. The van der Waals surface area contributed by atoms with Crippen LogP contribution in [0.4, 0.5) is 24.9 Å². The Balaban J connectivity index is 1.37. The lowest BCUT2D eigenvalue weighted by atomic mass is 9.89. The Labute approximate surface area is 175 Å². The molecule has 8 nitrogen and oxygen atoms in total. The molecule has 1 aromatic carbocycles. The highest BCUT2D eigenvalue weighted by atomic mass is 19.4. The van der Waals surface area contributed by atoms with E-state index in [1.807, 2.05) is 0 Å². The molecular formula is C20H21F3N4O4. The van der Waals surface area contributed by atoms with Crippen molar-refractivity contribution in [2.24, 2.45) is 5.92 Å². The van der Waals surface area contributed by atoms with Gasteiger partial charge in [-0.1, -0.05) is 24.4 Å². The molecule has 2 heterocycles. The van der Waals surface area contributed by atoms with Crippen LogP contribution in [0, 0.1) is 5.92 Å². The predicted octanol–water partition coefficient (Wildman–Crippen LogP) is 4.01. The normalized spacial score (nSPS) is 20.2. The maximum Gasteiger partial charge on any atom is 0.573 e. The third kappa shape index (κ3) is 5.15. The van der Waals surface area contributed by atoms with E-state index in [4.69, 9.17) is 4.42 Å². The molecule has 0 bridgehead atoms. The number of carbonyl (C=O) groups excluding carboxylic acids is 2. The molecule has 11 heteroatoms. The highest BCUT2D eigenvalue weighted by molar-refractivity contribution is 5.96. The van der Waals surface area contributed by atoms with Gasteiger partial charge < -0.3 is 14.1 Å². The van der Waals surface area contributed by atoms with E-state index in [1.54, 1.807) is 0 Å². The fourth-order valence-corrected chi connectivity index (χ4v) is 3.97. The van der Waals surface area contributed by atoms with E-state index in [0.29, 0.717) is 5.69 Å². The minimum absolute atomic E-state index is 0.00475. The summed E-state index contributed by atoms with van der Waals surface area (Å²) in [5, 5.41) is 10.5. The number of ether oxygens (including phenoxy) is 1. The first-order valence-corrected chi connectivity index (χ1v) is 10.1. The zero-order chi connectivity index (χ0) is 22.0. The number of amides is 2. The zero-order valence-electron chi connectivity index (χ0n) is 16.5. The monoisotopic (exact) mass is 438 g/mol. The topological polar surface area (TPSA) is 97.6 Å². The molecule has 2 fully saturated rings. The summed E-state index contributed by atoms with van der Waals surface area (Å²) in [6.45, 7) is 0.233. The summed E-state index contributed by atoms with van der Waals surface area (Å²) in [5.74, 6) is -0.939. The Morgan fingerprint density at radius 2 is 1.84 bits per heavy atom. The van der Waals surface area contributed by atoms with Crippen LogP contribution in [0.1, 0.15) is 50.3 Å². The molecule has 1 atom stereocenters. The van der Waals surface area contributed by atoms with E-state index in [0.717, 1.165) is 44.2 Å². The van der Waals surface area contributed by atoms with E-state index < -0.39 is 6.36 Å². The van der Waals surface area contributed by atoms with E-state index >= 15 is 0 Å². The van der Waals surface area contributed by atoms with Gasteiger partial charge in [0.2, 0.25) is 17.7 Å². The van der Waals surface area contributed by atoms with Crippen molar-refractivity contribution < 1.29 is 31.9 Å². The molecule has 1 N–H and O–H groups in total. The van der Waals surface area contributed by atoms with Gasteiger partial charge in [-0.15, -0.1) is 18.3 Å². The van der Waals surface area contributed by atoms with Gasteiger partial charge in [0, 0.05) is 24.6 Å². The molecule has 1 aromatic heterocycles. The number of benzene rings is 1. The number of aromatic nitrogens is 2. The van der Waals surface area contributed by atoms with Gasteiger partial charge in [-0.25, -0.2) is 0 Å². The molecule has 166 valence electrons. The molecular weight excluding hydrogens is 417 g/mol. The quantitative estimate of drug-likeness (QED) is 0.758. The molecule has 31 heavy (non-hydrogen) atoms. The second-order valence-electron chi connectivity index (χ2n) is 7.72. The van der Waals surface area contributed by atoms with Crippen LogP contribution in [0.25, 0.3) is 0 Å². The summed E-state index contributed by atoms with van der Waals surface area (Å²) in [6, 6.07) is 5.06. The fraction of sp³-hybridized carbons (Fsp3) is 0.500. The first-order chi connectivity index (χ1) is 14.8. The molecule has 1 aliphatic heterocycles. The van der Waals surface area contributed by atoms with Gasteiger partial charge in [0.25, 0.3) is 0 Å². The van der Waals surface area contributed by atoms with Crippen LogP contribution >= 0.6 is 0 Å². The number of alkyl halides is 3. The van der Waals surface area contributed by atoms with Crippen LogP contribution in [-0.2, 0) is 9.59 Å². The van der Waals surface area contributed by atoms with Crippen molar-refractivity contribution in [3.63, 3.8) is 0 Å². The van der Waals surface area contributed by atoms with Gasteiger partial charge >= 0.3 is 12.4 Å². The summed E-state index contributed by atoms with van der Waals surface area (Å²) >= 11 is 0. The summed E-state index contributed by atoms with van der Waals surface area (Å²) in [4.78, 5) is 26.2. The van der Waals surface area contributed by atoms with E-state index in [9.17, 15) is 22.8 Å². The second kappa shape index (κ2) is 8.56. The summed E-state index contributed by atoms with van der Waals surface area (Å²) in [5.41, 5.74) is 0.437. The maximum absolute atomic E-state index is 12.4. The molecule has 1 saturated carbocycles. The predicted molar refractivity (Wildman–Crippen MR) is 102 cm³/mol. The summed E-state index contributed by atoms with van der Waals surface area (Å²) in [7, 11) is 0. The Morgan fingerprint density at radius 3 is 2.52 bits per heavy atom. The summed E-state index contributed by atoms with van der Waals surface area (Å²) in [6.07, 6.45) is 0.195. The van der Waals surface area contributed by atoms with E-state index in [-0.39, 0.29) is 54.3 Å². The van der Waals surface area contributed by atoms with Crippen molar-refractivity contribution in [2.75, 3.05) is 16.8 Å². The Kier molecular flexibility index (Phi) is 5.84. The number of hydrogen-bond donors (Lipinski definition) is 1. The number of nitrogens with zero attached hydrogens (tertiary/aromatic N) is 3. The van der Waals surface area contributed by atoms with Gasteiger partial charge in [0.1, 0.15) is 5.75 Å². The molecule has 2 aromatic rings. The van der Waals surface area contributed by atoms with E-state index in [1.165, 1.54) is 17.0 Å². The maximum atomic E-state index is 12.4. The molecule has 0 radical (unpaired) electrons. The van der Waals surface area contributed by atoms with Crippen molar-refractivity contribution >= 4 is 23.5 Å². The lowest BCUT2D eigenvalue weighted by Crippen LogP contribution is -2.24. The third-order valence-corrected chi connectivity index (χ3v) is 5.50. The average Bonchev–Trinajstić information content (AvgIpc) is 3.35. The fourth-order valence-electron chi connectivity index (χ4n) is 3.97. The first-order valence-electron chi connectivity index (χ1n) is 10.1. The van der Waals surface area contributed by atoms with Crippen LogP contribution in [0.5, 0.6) is 5.75 Å². The Morgan fingerprint density at radius 1 is 1.13 bits per heavy atom. The van der Waals surface area contributed by atoms with Crippen LogP contribution in [0.2, 0.25) is 0 Å². The molecule has 0 unspecified atom stereocenters. The Hall–Kier alpha value is -3.11. The smallest absolute Gasteiger partial charge is 0.407 e. The van der Waals surface area contributed by atoms with Gasteiger partial charge in [0.15, 0.2) is 0 Å². The third-order valence-electron chi connectivity index (χ3n) is 5.50. The van der Waals surface area contributed by atoms with Crippen molar-refractivity contribution in [1.29, 1.82) is 0 Å². The summed E-state index contributed by atoms with van der Waals surface area (Å²) < 4.78 is 46.3. The van der Waals surface area contributed by atoms with Gasteiger partial charge in [-0.2, -0.15) is 0 Å². The number of carbonyl (C=O) groups is 2. The van der Waals surface area contributed by atoms with Gasteiger partial charge in [0.05, 0.1) is 5.92 Å². The van der Waals surface area contributed by atoms with Gasteiger partial charge in [-0.3, -0.25) is 14.9 Å². The van der Waals surface area contributed by atoms with Crippen LogP contribution < -0.4 is 15.0 Å². The minimum atomic E-state index is -4.78. The van der Waals surface area contributed by atoms with E-state index in [2.05, 4.69) is 20.3 Å². The van der Waals surface area contributed by atoms with Crippen LogP contribution in [0.15, 0.2) is 28.7 Å². The molecule has 4 rings (SSSR count). The van der Waals surface area contributed by atoms with Crippen molar-refractivity contribution in [1.82, 2.24) is 10.2 Å². The minimum Gasteiger partial charge on any atom is -0.407 e. The second-order valence-corrected chi connectivity index (χ2v) is 7.72. The highest BCUT2D eigenvalue weighted by Crippen LogP contribution is 2.33. The lowest BCUT2D eigenvalue weighted by Gasteiger charge is -2.19. The molecule has 2 amide bonds. The van der Waals surface area contributed by atoms with Crippen molar-refractivity contribution in [2.45, 2.75) is 50.8 Å².